The van der Waals surface area contributed by atoms with Gasteiger partial charge in [-0.1, -0.05) is 18.2 Å². The molecule has 0 aliphatic rings. The third kappa shape index (κ3) is 3.71. The highest BCUT2D eigenvalue weighted by atomic mass is 32.2. The number of carbonyl (C=O) groups is 1. The van der Waals surface area contributed by atoms with Crippen molar-refractivity contribution in [2.75, 3.05) is 24.4 Å². The lowest BCUT2D eigenvalue weighted by Gasteiger charge is -2.29. The van der Waals surface area contributed by atoms with E-state index in [1.165, 1.54) is 11.4 Å². The fourth-order valence-electron chi connectivity index (χ4n) is 1.84. The topological polar surface area (TPSA) is 77.9 Å². The molecule has 7 heteroatoms. The minimum absolute atomic E-state index is 0.0555. The van der Waals surface area contributed by atoms with E-state index >= 15 is 0 Å². The smallest absolute Gasteiger partial charge is 0.304 e. The fourth-order valence-corrected chi connectivity index (χ4v) is 3.28. The molecule has 0 aromatic heterocycles. The van der Waals surface area contributed by atoms with Gasteiger partial charge >= 0.3 is 16.2 Å². The molecule has 20 heavy (non-hydrogen) atoms. The van der Waals surface area contributed by atoms with Crippen LogP contribution in [-0.2, 0) is 15.0 Å². The highest BCUT2D eigenvalue weighted by molar-refractivity contribution is 7.90. The summed E-state index contributed by atoms with van der Waals surface area (Å²) >= 11 is 0. The molecular formula is C13H20N2O4S. The Labute approximate surface area is 119 Å². The van der Waals surface area contributed by atoms with E-state index in [9.17, 15) is 13.2 Å². The molecule has 0 radical (unpaired) electrons. The SMILES string of the molecule is CCN(c1ccccc1C)S(=O)(=O)N(C)CCC(=O)O. The van der Waals surface area contributed by atoms with Gasteiger partial charge < -0.3 is 5.11 Å². The van der Waals surface area contributed by atoms with Crippen molar-refractivity contribution in [3.05, 3.63) is 29.8 Å². The quantitative estimate of drug-likeness (QED) is 0.827. The summed E-state index contributed by atoms with van der Waals surface area (Å²) in [5, 5.41) is 8.65. The van der Waals surface area contributed by atoms with Crippen molar-refractivity contribution in [2.45, 2.75) is 20.3 Å². The van der Waals surface area contributed by atoms with E-state index < -0.39 is 16.2 Å². The zero-order valence-corrected chi connectivity index (χ0v) is 12.7. The highest BCUT2D eigenvalue weighted by Gasteiger charge is 2.27. The van der Waals surface area contributed by atoms with Crippen LogP contribution in [0.4, 0.5) is 5.69 Å². The number of anilines is 1. The van der Waals surface area contributed by atoms with Crippen molar-refractivity contribution in [3.63, 3.8) is 0 Å². The Morgan fingerprint density at radius 1 is 1.30 bits per heavy atom. The molecule has 0 spiro atoms. The Bertz CT molecular complexity index is 571. The molecule has 0 saturated heterocycles. The van der Waals surface area contributed by atoms with Crippen LogP contribution in [0.2, 0.25) is 0 Å². The zero-order valence-electron chi connectivity index (χ0n) is 11.9. The minimum Gasteiger partial charge on any atom is -0.481 e. The van der Waals surface area contributed by atoms with Crippen LogP contribution in [0.25, 0.3) is 0 Å². The number of benzene rings is 1. The molecule has 1 aromatic rings. The number of nitrogens with zero attached hydrogens (tertiary/aromatic N) is 2. The molecule has 1 rings (SSSR count). The second-order valence-electron chi connectivity index (χ2n) is 4.42. The maximum absolute atomic E-state index is 12.5. The molecule has 0 aliphatic heterocycles. The minimum atomic E-state index is -3.72. The van der Waals surface area contributed by atoms with E-state index in [1.807, 2.05) is 19.1 Å². The van der Waals surface area contributed by atoms with Crippen LogP contribution in [0.15, 0.2) is 24.3 Å². The number of para-hydroxylation sites is 1. The van der Waals surface area contributed by atoms with E-state index in [4.69, 9.17) is 5.11 Å². The van der Waals surface area contributed by atoms with E-state index in [1.54, 1.807) is 19.1 Å². The van der Waals surface area contributed by atoms with Crippen LogP contribution < -0.4 is 4.31 Å². The van der Waals surface area contributed by atoms with Gasteiger partial charge in [-0.15, -0.1) is 0 Å². The van der Waals surface area contributed by atoms with Gasteiger partial charge in [-0.05, 0) is 25.5 Å². The number of carboxylic acids is 1. The lowest BCUT2D eigenvalue weighted by atomic mass is 10.2. The molecule has 1 N–H and O–H groups in total. The molecule has 0 saturated carbocycles. The van der Waals surface area contributed by atoms with E-state index in [-0.39, 0.29) is 19.5 Å². The Balaban J connectivity index is 3.04. The number of aryl methyl sites for hydroxylation is 1. The molecule has 6 nitrogen and oxygen atoms in total. The van der Waals surface area contributed by atoms with Crippen molar-refractivity contribution in [2.24, 2.45) is 0 Å². The lowest BCUT2D eigenvalue weighted by Crippen LogP contribution is -2.43. The predicted octanol–water partition coefficient (Wildman–Crippen LogP) is 1.47. The Morgan fingerprint density at radius 2 is 1.90 bits per heavy atom. The van der Waals surface area contributed by atoms with Gasteiger partial charge in [0.25, 0.3) is 0 Å². The van der Waals surface area contributed by atoms with Gasteiger partial charge in [0, 0.05) is 20.1 Å². The first-order chi connectivity index (χ1) is 9.30. The van der Waals surface area contributed by atoms with E-state index in [0.717, 1.165) is 9.87 Å². The lowest BCUT2D eigenvalue weighted by molar-refractivity contribution is -0.137. The maximum Gasteiger partial charge on any atom is 0.304 e. The van der Waals surface area contributed by atoms with Gasteiger partial charge in [0.05, 0.1) is 12.1 Å². The second kappa shape index (κ2) is 6.71. The maximum atomic E-state index is 12.5. The van der Waals surface area contributed by atoms with Gasteiger partial charge in [-0.2, -0.15) is 12.7 Å². The third-order valence-corrected chi connectivity index (χ3v) is 4.97. The first kappa shape index (κ1) is 16.5. The largest absolute Gasteiger partial charge is 0.481 e. The molecule has 1 aromatic carbocycles. The van der Waals surface area contributed by atoms with E-state index in [0.29, 0.717) is 5.69 Å². The molecular weight excluding hydrogens is 280 g/mol. The monoisotopic (exact) mass is 300 g/mol. The number of carboxylic acid groups (broad SMARTS) is 1. The number of aliphatic carboxylic acids is 1. The number of rotatable bonds is 7. The molecule has 0 aliphatic carbocycles. The summed E-state index contributed by atoms with van der Waals surface area (Å²) in [7, 11) is -2.33. The molecule has 0 amide bonds. The van der Waals surface area contributed by atoms with Crippen molar-refractivity contribution >= 4 is 21.9 Å². The average molecular weight is 300 g/mol. The molecule has 0 atom stereocenters. The highest BCUT2D eigenvalue weighted by Crippen LogP contribution is 2.23. The number of hydrogen-bond donors (Lipinski definition) is 1. The van der Waals surface area contributed by atoms with Crippen LogP contribution in [0.3, 0.4) is 0 Å². The summed E-state index contributed by atoms with van der Waals surface area (Å²) in [6, 6.07) is 7.19. The van der Waals surface area contributed by atoms with E-state index in [2.05, 4.69) is 0 Å². The van der Waals surface area contributed by atoms with Crippen molar-refractivity contribution in [1.82, 2.24) is 4.31 Å². The van der Waals surface area contributed by atoms with Crippen LogP contribution in [0.5, 0.6) is 0 Å². The summed E-state index contributed by atoms with van der Waals surface area (Å²) in [6.45, 7) is 3.81. The van der Waals surface area contributed by atoms with Gasteiger partial charge in [0.1, 0.15) is 0 Å². The summed E-state index contributed by atoms with van der Waals surface area (Å²) in [6.07, 6.45) is -0.221. The standard InChI is InChI=1S/C13H20N2O4S/c1-4-15(12-8-6-5-7-11(12)2)20(18,19)14(3)10-9-13(16)17/h5-8H,4,9-10H2,1-3H3,(H,16,17). The summed E-state index contributed by atoms with van der Waals surface area (Å²) in [4.78, 5) is 10.6. The van der Waals surface area contributed by atoms with Gasteiger partial charge in [0.15, 0.2) is 0 Å². The van der Waals surface area contributed by atoms with Crippen molar-refractivity contribution in [3.8, 4) is 0 Å². The summed E-state index contributed by atoms with van der Waals surface area (Å²) in [5.41, 5.74) is 1.46. The molecule has 0 unspecified atom stereocenters. The predicted molar refractivity (Wildman–Crippen MR) is 78.0 cm³/mol. The van der Waals surface area contributed by atoms with Gasteiger partial charge in [-0.3, -0.25) is 9.10 Å². The van der Waals surface area contributed by atoms with Crippen LogP contribution >= 0.6 is 0 Å². The molecule has 0 heterocycles. The third-order valence-electron chi connectivity index (χ3n) is 2.98. The van der Waals surface area contributed by atoms with Crippen LogP contribution in [0, 0.1) is 6.92 Å². The Morgan fingerprint density at radius 3 is 2.40 bits per heavy atom. The Kier molecular flexibility index (Phi) is 5.52. The second-order valence-corrected chi connectivity index (χ2v) is 6.38. The zero-order chi connectivity index (χ0) is 15.3. The molecule has 0 bridgehead atoms. The first-order valence-electron chi connectivity index (χ1n) is 6.32. The number of hydrogen-bond acceptors (Lipinski definition) is 3. The van der Waals surface area contributed by atoms with Crippen LogP contribution in [-0.4, -0.2) is 43.9 Å². The first-order valence-corrected chi connectivity index (χ1v) is 7.71. The summed E-state index contributed by atoms with van der Waals surface area (Å²) < 4.78 is 27.3. The molecule has 0 fully saturated rings. The Hall–Kier alpha value is -1.60. The average Bonchev–Trinajstić information content (AvgIpc) is 2.38. The fraction of sp³-hybridized carbons (Fsp3) is 0.462. The van der Waals surface area contributed by atoms with Crippen molar-refractivity contribution < 1.29 is 18.3 Å². The van der Waals surface area contributed by atoms with Crippen molar-refractivity contribution in [1.29, 1.82) is 0 Å². The van der Waals surface area contributed by atoms with Gasteiger partial charge in [0.2, 0.25) is 0 Å². The normalized spacial score (nSPS) is 11.6. The summed E-state index contributed by atoms with van der Waals surface area (Å²) in [5.74, 6) is -1.02. The van der Waals surface area contributed by atoms with Gasteiger partial charge in [-0.25, -0.2) is 0 Å². The van der Waals surface area contributed by atoms with Crippen LogP contribution in [0.1, 0.15) is 18.9 Å². The molecule has 112 valence electrons.